The van der Waals surface area contributed by atoms with Crippen LogP contribution in [0.5, 0.6) is 0 Å². The monoisotopic (exact) mass is 396 g/mol. The van der Waals surface area contributed by atoms with Crippen molar-refractivity contribution in [3.63, 3.8) is 0 Å². The number of rotatable bonds is 3. The largest absolute Gasteiger partial charge is 0.456 e. The summed E-state index contributed by atoms with van der Waals surface area (Å²) in [7, 11) is 0. The maximum atomic E-state index is 6.25. The van der Waals surface area contributed by atoms with Gasteiger partial charge in [-0.3, -0.25) is 0 Å². The molecule has 3 aromatic carbocycles. The Labute approximate surface area is 173 Å². The summed E-state index contributed by atoms with van der Waals surface area (Å²) >= 11 is 6.25. The molecule has 0 saturated heterocycles. The van der Waals surface area contributed by atoms with Gasteiger partial charge in [-0.05, 0) is 53.9 Å². The van der Waals surface area contributed by atoms with Crippen molar-refractivity contribution in [3.05, 3.63) is 89.7 Å². The number of fused-ring (bicyclic) bond motifs is 4. The number of hydrogen-bond acceptors (Lipinski definition) is 3. The molecule has 5 rings (SSSR count). The molecular weight excluding hydrogens is 380 g/mol. The lowest BCUT2D eigenvalue weighted by atomic mass is 9.98. The van der Waals surface area contributed by atoms with Crippen molar-refractivity contribution in [2.24, 2.45) is 0 Å². The molecule has 29 heavy (non-hydrogen) atoms. The number of hydrogen-bond donors (Lipinski definition) is 0. The van der Waals surface area contributed by atoms with Gasteiger partial charge in [-0.15, -0.1) is 0 Å². The molecule has 0 amide bonds. The van der Waals surface area contributed by atoms with Crippen LogP contribution in [-0.2, 0) is 0 Å². The Morgan fingerprint density at radius 1 is 0.966 bits per heavy atom. The molecule has 0 spiro atoms. The summed E-state index contributed by atoms with van der Waals surface area (Å²) in [4.78, 5) is 8.94. The van der Waals surface area contributed by atoms with E-state index >= 15 is 0 Å². The molecule has 0 aliphatic rings. The summed E-state index contributed by atoms with van der Waals surface area (Å²) in [6.45, 7) is 5.84. The Hall–Kier alpha value is -3.43. The summed E-state index contributed by atoms with van der Waals surface area (Å²) in [6.07, 6.45) is 5.73. The number of benzene rings is 3. The third-order valence-electron chi connectivity index (χ3n) is 5.13. The van der Waals surface area contributed by atoms with Gasteiger partial charge in [0.1, 0.15) is 11.2 Å². The first-order valence-electron chi connectivity index (χ1n) is 9.33. The van der Waals surface area contributed by atoms with E-state index in [1.54, 1.807) is 6.08 Å². The van der Waals surface area contributed by atoms with Gasteiger partial charge >= 0.3 is 0 Å². The van der Waals surface area contributed by atoms with E-state index < -0.39 is 0 Å². The van der Waals surface area contributed by atoms with Crippen molar-refractivity contribution in [2.45, 2.75) is 6.92 Å². The number of halogens is 1. The second kappa shape index (κ2) is 6.87. The van der Waals surface area contributed by atoms with E-state index in [1.165, 1.54) is 5.56 Å². The van der Waals surface area contributed by atoms with E-state index in [-0.39, 0.29) is 5.28 Å². The zero-order valence-corrected chi connectivity index (χ0v) is 16.6. The normalized spacial score (nSPS) is 11.8. The third kappa shape index (κ3) is 2.91. The fraction of sp³-hybridized carbons (Fsp3) is 0.0400. The molecule has 2 aromatic heterocycles. The molecule has 5 aromatic rings. The zero-order valence-electron chi connectivity index (χ0n) is 15.8. The van der Waals surface area contributed by atoms with Crippen LogP contribution < -0.4 is 0 Å². The fourth-order valence-electron chi connectivity index (χ4n) is 3.80. The van der Waals surface area contributed by atoms with Crippen molar-refractivity contribution in [3.8, 4) is 11.3 Å². The predicted molar refractivity (Wildman–Crippen MR) is 121 cm³/mol. The molecule has 0 aliphatic carbocycles. The molecular formula is C25H17ClN2O. The minimum atomic E-state index is 0.233. The third-order valence-corrected chi connectivity index (χ3v) is 5.30. The van der Waals surface area contributed by atoms with Crippen LogP contribution >= 0.6 is 11.6 Å². The topological polar surface area (TPSA) is 38.9 Å². The Bertz CT molecular complexity index is 1450. The van der Waals surface area contributed by atoms with Gasteiger partial charge in [-0.25, -0.2) is 9.97 Å². The van der Waals surface area contributed by atoms with E-state index in [0.717, 1.165) is 49.7 Å². The van der Waals surface area contributed by atoms with Crippen molar-refractivity contribution < 1.29 is 4.42 Å². The lowest BCUT2D eigenvalue weighted by Crippen LogP contribution is -1.91. The van der Waals surface area contributed by atoms with Gasteiger partial charge in [0.2, 0.25) is 5.28 Å². The first-order chi connectivity index (χ1) is 14.2. The van der Waals surface area contributed by atoms with Gasteiger partial charge in [-0.2, -0.15) is 0 Å². The number of aryl methyl sites for hydroxylation is 1. The molecule has 0 saturated carbocycles. The Morgan fingerprint density at radius 2 is 1.83 bits per heavy atom. The van der Waals surface area contributed by atoms with Gasteiger partial charge in [0.25, 0.3) is 0 Å². The lowest BCUT2D eigenvalue weighted by molar-refractivity contribution is 0.669. The highest BCUT2D eigenvalue weighted by molar-refractivity contribution is 6.29. The fourth-order valence-corrected chi connectivity index (χ4v) is 3.97. The quantitative estimate of drug-likeness (QED) is 0.236. The van der Waals surface area contributed by atoms with Crippen LogP contribution in [0.2, 0.25) is 5.28 Å². The van der Waals surface area contributed by atoms with E-state index in [0.29, 0.717) is 0 Å². The molecule has 3 nitrogen and oxygen atoms in total. The predicted octanol–water partition coefficient (Wildman–Crippen LogP) is 7.36. The van der Waals surface area contributed by atoms with Crippen LogP contribution in [0.25, 0.3) is 50.2 Å². The molecule has 0 N–H and O–H groups in total. The molecule has 0 bridgehead atoms. The van der Waals surface area contributed by atoms with Crippen molar-refractivity contribution in [2.75, 3.05) is 0 Å². The molecule has 4 heteroatoms. The number of aromatic nitrogens is 2. The van der Waals surface area contributed by atoms with Gasteiger partial charge in [0.05, 0.1) is 11.2 Å². The van der Waals surface area contributed by atoms with Crippen LogP contribution in [0.3, 0.4) is 0 Å². The minimum absolute atomic E-state index is 0.233. The molecule has 2 heterocycles. The Morgan fingerprint density at radius 3 is 2.69 bits per heavy atom. The first-order valence-corrected chi connectivity index (χ1v) is 9.71. The summed E-state index contributed by atoms with van der Waals surface area (Å²) in [5, 5.41) is 3.28. The molecule has 0 fully saturated rings. The van der Waals surface area contributed by atoms with Crippen LogP contribution in [0.4, 0.5) is 0 Å². The maximum Gasteiger partial charge on any atom is 0.223 e. The van der Waals surface area contributed by atoms with Crippen molar-refractivity contribution >= 4 is 50.5 Å². The van der Waals surface area contributed by atoms with E-state index in [1.807, 2.05) is 48.6 Å². The summed E-state index contributed by atoms with van der Waals surface area (Å²) in [6, 6.07) is 18.2. The maximum absolute atomic E-state index is 6.25. The smallest absolute Gasteiger partial charge is 0.223 e. The average Bonchev–Trinajstić information content (AvgIpc) is 3.08. The van der Waals surface area contributed by atoms with Gasteiger partial charge in [0.15, 0.2) is 0 Å². The highest BCUT2D eigenvalue weighted by Crippen LogP contribution is 2.39. The Kier molecular flexibility index (Phi) is 4.18. The van der Waals surface area contributed by atoms with Crippen LogP contribution in [-0.4, -0.2) is 9.97 Å². The summed E-state index contributed by atoms with van der Waals surface area (Å²) < 4.78 is 6.20. The van der Waals surface area contributed by atoms with Crippen LogP contribution in [0, 0.1) is 6.92 Å². The Balaban J connectivity index is 1.87. The molecule has 140 valence electrons. The zero-order chi connectivity index (χ0) is 20.0. The lowest BCUT2D eigenvalue weighted by Gasteiger charge is -2.08. The van der Waals surface area contributed by atoms with Gasteiger partial charge in [0, 0.05) is 21.7 Å². The summed E-state index contributed by atoms with van der Waals surface area (Å²) in [5.41, 5.74) is 6.54. The van der Waals surface area contributed by atoms with Crippen molar-refractivity contribution in [1.82, 2.24) is 9.97 Å². The van der Waals surface area contributed by atoms with Crippen molar-refractivity contribution in [1.29, 1.82) is 0 Å². The molecule has 0 atom stereocenters. The number of para-hydroxylation sites is 1. The van der Waals surface area contributed by atoms with Gasteiger partial charge < -0.3 is 4.42 Å². The SMILES string of the molecule is C=C/C=C\c1cc2oc3cccc(-c4nc(Cl)nc5ccccc45)c3c2cc1C. The number of furan rings is 1. The molecule has 0 radical (unpaired) electrons. The highest BCUT2D eigenvalue weighted by Gasteiger charge is 2.17. The van der Waals surface area contributed by atoms with E-state index in [9.17, 15) is 0 Å². The standard InChI is InChI=1S/C25H17ClN2O/c1-3-4-8-16-14-22-19(13-15(16)2)23-18(10-7-12-21(23)29-22)24-17-9-5-6-11-20(17)27-25(26)28-24/h3-14H,1H2,2H3/b8-4-. The number of allylic oxidation sites excluding steroid dienone is 2. The first kappa shape index (κ1) is 17.7. The second-order valence-electron chi connectivity index (χ2n) is 6.94. The van der Waals surface area contributed by atoms with Crippen LogP contribution in [0.1, 0.15) is 11.1 Å². The molecule has 0 unspecified atom stereocenters. The van der Waals surface area contributed by atoms with E-state index in [4.69, 9.17) is 16.0 Å². The molecule has 0 aliphatic heterocycles. The van der Waals surface area contributed by atoms with E-state index in [2.05, 4.69) is 41.7 Å². The van der Waals surface area contributed by atoms with Gasteiger partial charge in [-0.1, -0.05) is 55.1 Å². The number of nitrogens with zero attached hydrogens (tertiary/aromatic N) is 2. The second-order valence-corrected chi connectivity index (χ2v) is 7.28. The van der Waals surface area contributed by atoms with Crippen LogP contribution in [0.15, 0.2) is 77.7 Å². The average molecular weight is 397 g/mol. The minimum Gasteiger partial charge on any atom is -0.456 e. The summed E-state index contributed by atoms with van der Waals surface area (Å²) in [5.74, 6) is 0. The highest BCUT2D eigenvalue weighted by atomic mass is 35.5.